The minimum absolute atomic E-state index is 0.111. The van der Waals surface area contributed by atoms with Gasteiger partial charge in [0.1, 0.15) is 0 Å². The van der Waals surface area contributed by atoms with Gasteiger partial charge in [0.25, 0.3) is 0 Å². The van der Waals surface area contributed by atoms with Crippen LogP contribution >= 0.6 is 11.6 Å². The van der Waals surface area contributed by atoms with Crippen molar-refractivity contribution in [2.75, 3.05) is 0 Å². The van der Waals surface area contributed by atoms with Gasteiger partial charge in [-0.15, -0.1) is 0 Å². The highest BCUT2D eigenvalue weighted by molar-refractivity contribution is 7.92. The highest BCUT2D eigenvalue weighted by Gasteiger charge is 2.33. The van der Waals surface area contributed by atoms with E-state index in [0.29, 0.717) is 11.3 Å². The van der Waals surface area contributed by atoms with Gasteiger partial charge in [0.15, 0.2) is 21.4 Å². The number of benzene rings is 1. The Labute approximate surface area is 139 Å². The summed E-state index contributed by atoms with van der Waals surface area (Å²) in [4.78, 5) is 12.8. The summed E-state index contributed by atoms with van der Waals surface area (Å²) < 4.78 is 29.5. The molecule has 1 aliphatic carbocycles. The number of carbonyl (C=O) groups is 1. The van der Waals surface area contributed by atoms with E-state index in [1.165, 1.54) is 24.4 Å². The van der Waals surface area contributed by atoms with Gasteiger partial charge in [-0.1, -0.05) is 16.8 Å². The van der Waals surface area contributed by atoms with E-state index in [2.05, 4.69) is 5.16 Å². The van der Waals surface area contributed by atoms with E-state index in [9.17, 15) is 13.2 Å². The van der Waals surface area contributed by atoms with Crippen LogP contribution < -0.4 is 0 Å². The van der Waals surface area contributed by atoms with Crippen molar-refractivity contribution in [3.63, 3.8) is 0 Å². The van der Waals surface area contributed by atoms with Crippen molar-refractivity contribution in [2.24, 2.45) is 0 Å². The summed E-state index contributed by atoms with van der Waals surface area (Å²) in [5, 5.41) is 3.26. The number of hydrogen-bond donors (Lipinski definition) is 0. The highest BCUT2D eigenvalue weighted by atomic mass is 35.5. The summed E-state index contributed by atoms with van der Waals surface area (Å²) in [7, 11) is -3.43. The zero-order valence-corrected chi connectivity index (χ0v) is 14.3. The van der Waals surface area contributed by atoms with Crippen LogP contribution in [-0.4, -0.2) is 24.6 Å². The second-order valence-electron chi connectivity index (χ2n) is 5.94. The van der Waals surface area contributed by atoms with Gasteiger partial charge in [-0.05, 0) is 44.9 Å². The van der Waals surface area contributed by atoms with E-state index in [4.69, 9.17) is 16.1 Å². The van der Waals surface area contributed by atoms with Crippen molar-refractivity contribution >= 4 is 27.2 Å². The first-order valence-corrected chi connectivity index (χ1v) is 9.27. The van der Waals surface area contributed by atoms with Gasteiger partial charge in [0, 0.05) is 11.5 Å². The lowest BCUT2D eigenvalue weighted by atomic mass is 10.0. The second-order valence-corrected chi connectivity index (χ2v) is 8.85. The van der Waals surface area contributed by atoms with Crippen LogP contribution in [0, 0.1) is 0 Å². The Hall–Kier alpha value is -1.66. The predicted octanol–water partition coefficient (Wildman–Crippen LogP) is 3.62. The van der Waals surface area contributed by atoms with E-state index >= 15 is 0 Å². The molecular formula is C16H16ClNO4S. The van der Waals surface area contributed by atoms with Crippen LogP contribution in [0.5, 0.6) is 0 Å². The summed E-state index contributed by atoms with van der Waals surface area (Å²) in [6.07, 6.45) is 3.36. The van der Waals surface area contributed by atoms with Gasteiger partial charge in [0.2, 0.25) is 0 Å². The first kappa shape index (κ1) is 16.2. The molecule has 0 atom stereocenters. The van der Waals surface area contributed by atoms with Gasteiger partial charge >= 0.3 is 0 Å². The van der Waals surface area contributed by atoms with E-state index in [1.807, 2.05) is 0 Å². The molecule has 2 aromatic rings. The summed E-state index contributed by atoms with van der Waals surface area (Å²) in [6, 6.07) is 4.19. The first-order chi connectivity index (χ1) is 10.8. The van der Waals surface area contributed by atoms with Crippen LogP contribution in [0.4, 0.5) is 0 Å². The van der Waals surface area contributed by atoms with Gasteiger partial charge < -0.3 is 4.52 Å². The zero-order valence-electron chi connectivity index (χ0n) is 12.7. The Morgan fingerprint density at radius 2 is 2.00 bits per heavy atom. The molecular weight excluding hydrogens is 338 g/mol. The molecule has 23 heavy (non-hydrogen) atoms. The molecule has 0 N–H and O–H groups in total. The zero-order chi connectivity index (χ0) is 16.8. The summed E-state index contributed by atoms with van der Waals surface area (Å²) in [5.41, 5.74) is 0.647. The molecule has 0 aliphatic heterocycles. The van der Waals surface area contributed by atoms with Gasteiger partial charge in [-0.3, -0.25) is 4.79 Å². The van der Waals surface area contributed by atoms with Crippen molar-refractivity contribution in [1.82, 2.24) is 5.16 Å². The van der Waals surface area contributed by atoms with E-state index in [0.717, 1.165) is 12.8 Å². The molecule has 0 spiro atoms. The molecule has 122 valence electrons. The summed E-state index contributed by atoms with van der Waals surface area (Å²) in [6.45, 7) is 3.20. The first-order valence-electron chi connectivity index (χ1n) is 7.35. The second kappa shape index (κ2) is 5.76. The molecule has 1 aromatic heterocycles. The molecule has 0 radical (unpaired) electrons. The quantitative estimate of drug-likeness (QED) is 0.767. The Morgan fingerprint density at radius 3 is 2.57 bits per heavy atom. The maximum atomic E-state index is 12.6. The lowest BCUT2D eigenvalue weighted by molar-refractivity contribution is 0.103. The maximum Gasteiger partial charge on any atom is 0.199 e. The molecule has 0 bridgehead atoms. The normalized spacial score (nSPS) is 15.1. The molecule has 7 heteroatoms. The largest absolute Gasteiger partial charge is 0.360 e. The van der Waals surface area contributed by atoms with Crippen molar-refractivity contribution in [2.45, 2.75) is 42.8 Å². The Balaban J connectivity index is 1.98. The van der Waals surface area contributed by atoms with Crippen LogP contribution in [0.2, 0.25) is 5.02 Å². The van der Waals surface area contributed by atoms with Crippen LogP contribution in [0.1, 0.15) is 54.3 Å². The van der Waals surface area contributed by atoms with Gasteiger partial charge in [0.05, 0.1) is 26.9 Å². The minimum Gasteiger partial charge on any atom is -0.360 e. The third-order valence-electron chi connectivity index (χ3n) is 3.93. The highest BCUT2D eigenvalue weighted by Crippen LogP contribution is 2.42. The van der Waals surface area contributed by atoms with E-state index in [-0.39, 0.29) is 27.2 Å². The number of aromatic nitrogens is 1. The maximum absolute atomic E-state index is 12.6. The van der Waals surface area contributed by atoms with E-state index in [1.54, 1.807) is 13.8 Å². The summed E-state index contributed by atoms with van der Waals surface area (Å²) in [5.74, 6) is 0.535. The molecule has 1 fully saturated rings. The number of hydrogen-bond acceptors (Lipinski definition) is 5. The molecule has 0 amide bonds. The Morgan fingerprint density at radius 1 is 1.30 bits per heavy atom. The SMILES string of the molecule is CC(C)S(=O)(=O)c1ccc(C(=O)c2cnoc2C2CC2)c(Cl)c1. The summed E-state index contributed by atoms with van der Waals surface area (Å²) >= 11 is 6.16. The minimum atomic E-state index is -3.43. The molecule has 1 saturated carbocycles. The molecule has 3 rings (SSSR count). The fraction of sp³-hybridized carbons (Fsp3) is 0.375. The topological polar surface area (TPSA) is 77.2 Å². The lowest BCUT2D eigenvalue weighted by Gasteiger charge is -2.10. The number of ketones is 1. The monoisotopic (exact) mass is 353 g/mol. The number of nitrogens with zero attached hydrogens (tertiary/aromatic N) is 1. The third kappa shape index (κ3) is 2.93. The van der Waals surface area contributed by atoms with E-state index < -0.39 is 15.1 Å². The fourth-order valence-electron chi connectivity index (χ4n) is 2.33. The standard InChI is InChI=1S/C16H16ClNO4S/c1-9(2)23(20,21)11-5-6-12(14(17)7-11)15(19)13-8-18-22-16(13)10-3-4-10/h5-10H,3-4H2,1-2H3. The third-order valence-corrected chi connectivity index (χ3v) is 6.39. The lowest BCUT2D eigenvalue weighted by Crippen LogP contribution is -2.14. The molecule has 1 aromatic carbocycles. The number of carbonyl (C=O) groups excluding carboxylic acids is 1. The fourth-order valence-corrected chi connectivity index (χ4v) is 3.75. The number of rotatable bonds is 5. The van der Waals surface area contributed by atoms with Crippen molar-refractivity contribution in [3.8, 4) is 0 Å². The Kier molecular flexibility index (Phi) is 4.06. The average molecular weight is 354 g/mol. The van der Waals surface area contributed by atoms with Crippen molar-refractivity contribution in [3.05, 3.63) is 46.3 Å². The molecule has 5 nitrogen and oxygen atoms in total. The van der Waals surface area contributed by atoms with Crippen LogP contribution in [0.15, 0.2) is 33.8 Å². The van der Waals surface area contributed by atoms with Crippen LogP contribution in [-0.2, 0) is 9.84 Å². The smallest absolute Gasteiger partial charge is 0.199 e. The van der Waals surface area contributed by atoms with Gasteiger partial charge in [-0.25, -0.2) is 8.42 Å². The van der Waals surface area contributed by atoms with Crippen molar-refractivity contribution < 1.29 is 17.7 Å². The molecule has 1 heterocycles. The Bertz CT molecular complexity index is 866. The molecule has 0 unspecified atom stereocenters. The van der Waals surface area contributed by atoms with Crippen LogP contribution in [0.25, 0.3) is 0 Å². The predicted molar refractivity (Wildman–Crippen MR) is 85.7 cm³/mol. The number of sulfone groups is 1. The van der Waals surface area contributed by atoms with Gasteiger partial charge in [-0.2, -0.15) is 0 Å². The van der Waals surface area contributed by atoms with Crippen molar-refractivity contribution in [1.29, 1.82) is 0 Å². The molecule has 1 aliphatic rings. The van der Waals surface area contributed by atoms with Crippen LogP contribution in [0.3, 0.4) is 0 Å². The average Bonchev–Trinajstić information content (AvgIpc) is 3.23. The number of halogens is 1. The molecule has 0 saturated heterocycles.